The third-order valence-corrected chi connectivity index (χ3v) is 5.71. The number of benzene rings is 3. The number of urea groups is 1. The standard InChI is InChI=1S/C27H22ClFN2O5/c1-15-8-16(2)10-20(9-15)31-26(33)21(25(32)30-27(31)34)11-18-12-22(28)24(23(13-18)35-3)36-14-17-4-6-19(29)7-5-17/h4-13H,14H2,1-3H3,(H,30,32,34)/b21-11+. The average Bonchev–Trinajstić information content (AvgIpc) is 2.81. The van der Waals surface area contributed by atoms with Crippen LogP contribution < -0.4 is 19.7 Å². The average molecular weight is 509 g/mol. The first-order valence-corrected chi connectivity index (χ1v) is 11.3. The van der Waals surface area contributed by atoms with Crippen LogP contribution in [0.25, 0.3) is 6.08 Å². The van der Waals surface area contributed by atoms with Gasteiger partial charge < -0.3 is 9.47 Å². The molecule has 1 aliphatic heterocycles. The molecule has 1 saturated heterocycles. The molecule has 0 aromatic heterocycles. The monoisotopic (exact) mass is 508 g/mol. The van der Waals surface area contributed by atoms with Crippen LogP contribution in [0.4, 0.5) is 14.9 Å². The van der Waals surface area contributed by atoms with E-state index in [1.807, 2.05) is 19.9 Å². The fourth-order valence-electron chi connectivity index (χ4n) is 3.84. The predicted molar refractivity (Wildman–Crippen MR) is 134 cm³/mol. The zero-order valence-corrected chi connectivity index (χ0v) is 20.5. The van der Waals surface area contributed by atoms with Gasteiger partial charge in [0.05, 0.1) is 17.8 Å². The minimum atomic E-state index is -0.827. The fraction of sp³-hybridized carbons (Fsp3) is 0.148. The van der Waals surface area contributed by atoms with E-state index in [1.54, 1.807) is 30.3 Å². The maximum atomic E-state index is 13.2. The van der Waals surface area contributed by atoms with E-state index in [-0.39, 0.29) is 34.5 Å². The molecule has 1 heterocycles. The lowest BCUT2D eigenvalue weighted by Gasteiger charge is -2.27. The Bertz CT molecular complexity index is 1380. The number of imide groups is 2. The molecule has 1 aliphatic rings. The summed E-state index contributed by atoms with van der Waals surface area (Å²) in [5.74, 6) is -1.43. The Morgan fingerprint density at radius 3 is 2.31 bits per heavy atom. The van der Waals surface area contributed by atoms with E-state index in [1.165, 1.54) is 31.4 Å². The number of carbonyl (C=O) groups is 3. The van der Waals surface area contributed by atoms with Crippen molar-refractivity contribution in [3.63, 3.8) is 0 Å². The lowest BCUT2D eigenvalue weighted by Crippen LogP contribution is -2.54. The maximum absolute atomic E-state index is 13.2. The number of anilines is 1. The first kappa shape index (κ1) is 24.9. The Morgan fingerprint density at radius 1 is 1.00 bits per heavy atom. The molecule has 7 nitrogen and oxygen atoms in total. The lowest BCUT2D eigenvalue weighted by molar-refractivity contribution is -0.122. The highest BCUT2D eigenvalue weighted by molar-refractivity contribution is 6.39. The number of nitrogens with zero attached hydrogens (tertiary/aromatic N) is 1. The number of halogens is 2. The number of hydrogen-bond donors (Lipinski definition) is 1. The number of nitrogens with one attached hydrogen (secondary N) is 1. The first-order valence-electron chi connectivity index (χ1n) is 10.9. The van der Waals surface area contributed by atoms with Gasteiger partial charge in [-0.1, -0.05) is 29.8 Å². The van der Waals surface area contributed by atoms with E-state index in [0.717, 1.165) is 21.6 Å². The second-order valence-corrected chi connectivity index (χ2v) is 8.66. The van der Waals surface area contributed by atoms with Crippen molar-refractivity contribution in [1.82, 2.24) is 5.32 Å². The summed E-state index contributed by atoms with van der Waals surface area (Å²) in [5.41, 5.74) is 2.95. The zero-order valence-electron chi connectivity index (χ0n) is 19.7. The largest absolute Gasteiger partial charge is 0.493 e. The Balaban J connectivity index is 1.65. The summed E-state index contributed by atoms with van der Waals surface area (Å²) in [6.07, 6.45) is 1.33. The van der Waals surface area contributed by atoms with Gasteiger partial charge in [-0.25, -0.2) is 14.1 Å². The molecule has 3 aromatic carbocycles. The number of methoxy groups -OCH3 is 1. The van der Waals surface area contributed by atoms with Gasteiger partial charge in [0, 0.05) is 0 Å². The molecule has 4 rings (SSSR count). The molecule has 0 radical (unpaired) electrons. The highest BCUT2D eigenvalue weighted by atomic mass is 35.5. The van der Waals surface area contributed by atoms with E-state index in [4.69, 9.17) is 21.1 Å². The van der Waals surface area contributed by atoms with Gasteiger partial charge in [0.2, 0.25) is 0 Å². The third-order valence-electron chi connectivity index (χ3n) is 5.43. The summed E-state index contributed by atoms with van der Waals surface area (Å²) in [6.45, 7) is 3.81. The molecule has 0 spiro atoms. The molecular formula is C27H22ClFN2O5. The van der Waals surface area contributed by atoms with E-state index in [2.05, 4.69) is 5.32 Å². The summed E-state index contributed by atoms with van der Waals surface area (Å²) >= 11 is 6.43. The summed E-state index contributed by atoms with van der Waals surface area (Å²) in [5, 5.41) is 2.38. The van der Waals surface area contributed by atoms with E-state index in [9.17, 15) is 18.8 Å². The summed E-state index contributed by atoms with van der Waals surface area (Å²) in [4.78, 5) is 39.2. The Morgan fingerprint density at radius 2 is 1.67 bits per heavy atom. The van der Waals surface area contributed by atoms with Crippen molar-refractivity contribution in [2.24, 2.45) is 0 Å². The van der Waals surface area contributed by atoms with Crippen LogP contribution in [0.15, 0.2) is 60.2 Å². The van der Waals surface area contributed by atoms with Gasteiger partial charge in [0.15, 0.2) is 11.5 Å². The second kappa shape index (κ2) is 10.2. The molecule has 184 valence electrons. The van der Waals surface area contributed by atoms with Crippen molar-refractivity contribution < 1.29 is 28.2 Å². The van der Waals surface area contributed by atoms with Gasteiger partial charge in [-0.3, -0.25) is 14.9 Å². The molecule has 0 atom stereocenters. The number of barbiturate groups is 1. The normalized spacial score (nSPS) is 14.8. The molecular weight excluding hydrogens is 487 g/mol. The maximum Gasteiger partial charge on any atom is 0.335 e. The van der Waals surface area contributed by atoms with Crippen LogP contribution in [0.1, 0.15) is 22.3 Å². The Kier molecular flexibility index (Phi) is 7.07. The van der Waals surface area contributed by atoms with Crippen molar-refractivity contribution in [3.8, 4) is 11.5 Å². The van der Waals surface area contributed by atoms with E-state index >= 15 is 0 Å². The molecule has 9 heteroatoms. The van der Waals surface area contributed by atoms with Crippen molar-refractivity contribution in [1.29, 1.82) is 0 Å². The third kappa shape index (κ3) is 5.23. The number of rotatable bonds is 6. The van der Waals surface area contributed by atoms with Crippen LogP contribution in [0.2, 0.25) is 5.02 Å². The molecule has 0 aliphatic carbocycles. The molecule has 0 saturated carbocycles. The SMILES string of the molecule is COc1cc(/C=C2\C(=O)NC(=O)N(c3cc(C)cc(C)c3)C2=O)cc(Cl)c1OCc1ccc(F)cc1. The van der Waals surface area contributed by atoms with E-state index in [0.29, 0.717) is 11.3 Å². The minimum Gasteiger partial charge on any atom is -0.493 e. The summed E-state index contributed by atoms with van der Waals surface area (Å²) < 4.78 is 24.3. The summed E-state index contributed by atoms with van der Waals surface area (Å²) in [6, 6.07) is 13.3. The zero-order chi connectivity index (χ0) is 26.0. The number of aryl methyl sites for hydroxylation is 2. The number of carbonyl (C=O) groups excluding carboxylic acids is 3. The van der Waals surface area contributed by atoms with Gasteiger partial charge in [-0.05, 0) is 78.6 Å². The molecule has 1 fully saturated rings. The smallest absolute Gasteiger partial charge is 0.335 e. The Labute approximate surface area is 212 Å². The summed E-state index contributed by atoms with van der Waals surface area (Å²) in [7, 11) is 1.42. The molecule has 0 unspecified atom stereocenters. The predicted octanol–water partition coefficient (Wildman–Crippen LogP) is 5.35. The number of hydrogen-bond acceptors (Lipinski definition) is 5. The van der Waals surface area contributed by atoms with Gasteiger partial charge in [0.25, 0.3) is 11.8 Å². The minimum absolute atomic E-state index is 0.116. The topological polar surface area (TPSA) is 84.9 Å². The van der Waals surface area contributed by atoms with Gasteiger partial charge in [0.1, 0.15) is 18.0 Å². The number of ether oxygens (including phenoxy) is 2. The van der Waals surface area contributed by atoms with Gasteiger partial charge >= 0.3 is 6.03 Å². The van der Waals surface area contributed by atoms with E-state index < -0.39 is 17.8 Å². The van der Waals surface area contributed by atoms with Gasteiger partial charge in [-0.15, -0.1) is 0 Å². The van der Waals surface area contributed by atoms with Crippen molar-refractivity contribution in [2.45, 2.75) is 20.5 Å². The van der Waals surface area contributed by atoms with Crippen molar-refractivity contribution in [3.05, 3.63) is 93.3 Å². The van der Waals surface area contributed by atoms with Crippen LogP contribution in [0.3, 0.4) is 0 Å². The highest BCUT2D eigenvalue weighted by Gasteiger charge is 2.37. The van der Waals surface area contributed by atoms with Crippen molar-refractivity contribution >= 4 is 41.2 Å². The second-order valence-electron chi connectivity index (χ2n) is 8.25. The quantitative estimate of drug-likeness (QED) is 0.358. The van der Waals surface area contributed by atoms with Crippen LogP contribution in [0.5, 0.6) is 11.5 Å². The van der Waals surface area contributed by atoms with Crippen molar-refractivity contribution in [2.75, 3.05) is 12.0 Å². The van der Waals surface area contributed by atoms with Crippen LogP contribution in [-0.4, -0.2) is 25.0 Å². The molecule has 1 N–H and O–H groups in total. The molecule has 3 aromatic rings. The van der Waals surface area contributed by atoms with Crippen LogP contribution >= 0.6 is 11.6 Å². The number of amides is 4. The molecule has 4 amide bonds. The van der Waals surface area contributed by atoms with Crippen LogP contribution in [-0.2, 0) is 16.2 Å². The Hall–Kier alpha value is -4.17. The first-order chi connectivity index (χ1) is 17.2. The highest BCUT2D eigenvalue weighted by Crippen LogP contribution is 2.38. The lowest BCUT2D eigenvalue weighted by atomic mass is 10.0. The van der Waals surface area contributed by atoms with Gasteiger partial charge in [-0.2, -0.15) is 0 Å². The van der Waals surface area contributed by atoms with Crippen LogP contribution in [0, 0.1) is 19.7 Å². The molecule has 0 bridgehead atoms. The molecule has 36 heavy (non-hydrogen) atoms. The fourth-order valence-corrected chi connectivity index (χ4v) is 4.11.